The number of anilines is 1. The third-order valence-corrected chi connectivity index (χ3v) is 2.74. The van der Waals surface area contributed by atoms with Crippen molar-refractivity contribution < 1.29 is 14.3 Å². The number of rotatable bonds is 1. The fourth-order valence-electron chi connectivity index (χ4n) is 2.02. The average molecular weight is 264 g/mol. The van der Waals surface area contributed by atoms with Crippen LogP contribution < -0.4 is 15.8 Å². The maximum atomic E-state index is 11.7. The van der Waals surface area contributed by atoms with Gasteiger partial charge in [0.2, 0.25) is 0 Å². The number of nitrogens with two attached hydrogens (primary N) is 1. The predicted molar refractivity (Wildman–Crippen MR) is 73.2 cm³/mol. The molecule has 5 nitrogen and oxygen atoms in total. The first kappa shape index (κ1) is 13.5. The van der Waals surface area contributed by atoms with Crippen molar-refractivity contribution in [2.45, 2.75) is 38.8 Å². The average Bonchev–Trinajstić information content (AvgIpc) is 2.26. The van der Waals surface area contributed by atoms with E-state index in [1.165, 1.54) is 0 Å². The highest BCUT2D eigenvalue weighted by Gasteiger charge is 2.25. The lowest BCUT2D eigenvalue weighted by Gasteiger charge is -2.28. The van der Waals surface area contributed by atoms with Crippen LogP contribution in [0.15, 0.2) is 18.2 Å². The van der Waals surface area contributed by atoms with Crippen LogP contribution in [-0.2, 0) is 11.2 Å². The van der Waals surface area contributed by atoms with Gasteiger partial charge in [-0.1, -0.05) is 12.1 Å². The molecule has 1 heterocycles. The Balaban J connectivity index is 1.97. The van der Waals surface area contributed by atoms with E-state index >= 15 is 0 Å². The molecule has 0 saturated heterocycles. The van der Waals surface area contributed by atoms with E-state index in [1.807, 2.05) is 32.9 Å². The highest BCUT2D eigenvalue weighted by atomic mass is 16.6. The van der Waals surface area contributed by atoms with Gasteiger partial charge < -0.3 is 20.5 Å². The molecule has 0 spiro atoms. The SMILES string of the molecule is CC(C)(C)OC(=O)N[C@H]1COc2c(N)cccc2C1. The van der Waals surface area contributed by atoms with E-state index in [-0.39, 0.29) is 6.04 Å². The number of nitrogen functional groups attached to an aromatic ring is 1. The van der Waals surface area contributed by atoms with Crippen LogP contribution in [-0.4, -0.2) is 24.3 Å². The second-order valence-corrected chi connectivity index (χ2v) is 5.69. The van der Waals surface area contributed by atoms with Crippen molar-refractivity contribution in [1.29, 1.82) is 0 Å². The standard InChI is InChI=1S/C14H20N2O3/c1-14(2,3)19-13(17)16-10-7-9-5-4-6-11(15)12(9)18-8-10/h4-6,10H,7-8,15H2,1-3H3,(H,16,17)/t10-/m1/s1. The van der Waals surface area contributed by atoms with Crippen LogP contribution in [0.5, 0.6) is 5.75 Å². The highest BCUT2D eigenvalue weighted by molar-refractivity contribution is 5.68. The zero-order chi connectivity index (χ0) is 14.0. The van der Waals surface area contributed by atoms with Gasteiger partial charge in [0.15, 0.2) is 0 Å². The normalized spacial score (nSPS) is 18.2. The molecule has 1 amide bonds. The summed E-state index contributed by atoms with van der Waals surface area (Å²) < 4.78 is 10.8. The lowest BCUT2D eigenvalue weighted by Crippen LogP contribution is -2.45. The highest BCUT2D eigenvalue weighted by Crippen LogP contribution is 2.30. The maximum Gasteiger partial charge on any atom is 0.408 e. The molecular weight excluding hydrogens is 244 g/mol. The molecule has 104 valence electrons. The van der Waals surface area contributed by atoms with Crippen LogP contribution in [0.3, 0.4) is 0 Å². The Morgan fingerprint density at radius 1 is 1.47 bits per heavy atom. The summed E-state index contributed by atoms with van der Waals surface area (Å²) in [7, 11) is 0. The second kappa shape index (κ2) is 4.99. The number of hydrogen-bond acceptors (Lipinski definition) is 4. The van der Waals surface area contributed by atoms with Crippen LogP contribution in [0, 0.1) is 0 Å². The van der Waals surface area contributed by atoms with Gasteiger partial charge in [0.25, 0.3) is 0 Å². The van der Waals surface area contributed by atoms with Crippen molar-refractivity contribution in [2.75, 3.05) is 12.3 Å². The molecule has 1 aliphatic heterocycles. The number of alkyl carbamates (subject to hydrolysis) is 1. The molecule has 0 fully saturated rings. The fraction of sp³-hybridized carbons (Fsp3) is 0.500. The number of benzene rings is 1. The largest absolute Gasteiger partial charge is 0.489 e. The van der Waals surface area contributed by atoms with Gasteiger partial charge in [-0.3, -0.25) is 0 Å². The van der Waals surface area contributed by atoms with Gasteiger partial charge >= 0.3 is 6.09 Å². The Labute approximate surface area is 113 Å². The van der Waals surface area contributed by atoms with Crippen LogP contribution in [0.25, 0.3) is 0 Å². The van der Waals surface area contributed by atoms with Crippen molar-refractivity contribution in [2.24, 2.45) is 0 Å². The van der Waals surface area contributed by atoms with Gasteiger partial charge in [0.1, 0.15) is 18.0 Å². The van der Waals surface area contributed by atoms with Crippen molar-refractivity contribution in [3.05, 3.63) is 23.8 Å². The van der Waals surface area contributed by atoms with Gasteiger partial charge in [0.05, 0.1) is 11.7 Å². The predicted octanol–water partition coefficient (Wildman–Crippen LogP) is 2.10. The minimum Gasteiger partial charge on any atom is -0.489 e. The third-order valence-electron chi connectivity index (χ3n) is 2.74. The van der Waals surface area contributed by atoms with E-state index in [0.717, 1.165) is 11.3 Å². The fourth-order valence-corrected chi connectivity index (χ4v) is 2.02. The molecule has 1 aromatic rings. The molecule has 5 heteroatoms. The summed E-state index contributed by atoms with van der Waals surface area (Å²) in [5, 5.41) is 2.81. The molecule has 3 N–H and O–H groups in total. The summed E-state index contributed by atoms with van der Waals surface area (Å²) in [6.07, 6.45) is 0.271. The molecule has 0 aromatic heterocycles. The molecule has 0 bridgehead atoms. The molecule has 1 aromatic carbocycles. The number of para-hydroxylation sites is 1. The molecule has 0 saturated carbocycles. The van der Waals surface area contributed by atoms with Gasteiger partial charge in [-0.25, -0.2) is 4.79 Å². The molecule has 1 aliphatic rings. The van der Waals surface area contributed by atoms with Crippen LogP contribution in [0.1, 0.15) is 26.3 Å². The Kier molecular flexibility index (Phi) is 3.55. The molecule has 2 rings (SSSR count). The molecule has 1 atom stereocenters. The summed E-state index contributed by atoms with van der Waals surface area (Å²) in [5.74, 6) is 0.727. The minimum atomic E-state index is -0.498. The Bertz CT molecular complexity index is 480. The molecule has 0 radical (unpaired) electrons. The molecular formula is C14H20N2O3. The quantitative estimate of drug-likeness (QED) is 0.762. The van der Waals surface area contributed by atoms with Gasteiger partial charge in [-0.15, -0.1) is 0 Å². The van der Waals surface area contributed by atoms with E-state index in [1.54, 1.807) is 6.07 Å². The molecule has 19 heavy (non-hydrogen) atoms. The first-order valence-corrected chi connectivity index (χ1v) is 6.35. The Hall–Kier alpha value is -1.91. The molecule has 0 unspecified atom stereocenters. The summed E-state index contributed by atoms with van der Waals surface area (Å²) in [4.78, 5) is 11.7. The maximum absolute atomic E-state index is 11.7. The summed E-state index contributed by atoms with van der Waals surface area (Å²) in [6.45, 7) is 5.90. The lowest BCUT2D eigenvalue weighted by molar-refractivity contribution is 0.0482. The van der Waals surface area contributed by atoms with Gasteiger partial charge in [0, 0.05) is 0 Å². The van der Waals surface area contributed by atoms with Crippen molar-refractivity contribution in [1.82, 2.24) is 5.32 Å². The van der Waals surface area contributed by atoms with Crippen molar-refractivity contribution in [3.63, 3.8) is 0 Å². The Morgan fingerprint density at radius 2 is 2.21 bits per heavy atom. The van der Waals surface area contributed by atoms with E-state index in [2.05, 4.69) is 5.32 Å². The van der Waals surface area contributed by atoms with Gasteiger partial charge in [-0.05, 0) is 38.8 Å². The second-order valence-electron chi connectivity index (χ2n) is 5.69. The number of amides is 1. The van der Waals surface area contributed by atoms with E-state index in [4.69, 9.17) is 15.2 Å². The van der Waals surface area contributed by atoms with E-state index < -0.39 is 11.7 Å². The first-order chi connectivity index (χ1) is 8.85. The smallest absolute Gasteiger partial charge is 0.408 e. The van der Waals surface area contributed by atoms with Crippen LogP contribution in [0.2, 0.25) is 0 Å². The third kappa shape index (κ3) is 3.53. The van der Waals surface area contributed by atoms with E-state index in [9.17, 15) is 4.79 Å². The number of carbonyl (C=O) groups is 1. The monoisotopic (exact) mass is 264 g/mol. The van der Waals surface area contributed by atoms with Crippen molar-refractivity contribution >= 4 is 11.8 Å². The van der Waals surface area contributed by atoms with Gasteiger partial charge in [-0.2, -0.15) is 0 Å². The topological polar surface area (TPSA) is 73.6 Å². The zero-order valence-corrected chi connectivity index (χ0v) is 11.5. The van der Waals surface area contributed by atoms with Crippen LogP contribution in [0.4, 0.5) is 10.5 Å². The minimum absolute atomic E-state index is 0.0934. The number of nitrogens with one attached hydrogen (secondary N) is 1. The lowest BCUT2D eigenvalue weighted by atomic mass is 10.0. The van der Waals surface area contributed by atoms with Crippen LogP contribution >= 0.6 is 0 Å². The number of ether oxygens (including phenoxy) is 2. The number of fused-ring (bicyclic) bond motifs is 1. The first-order valence-electron chi connectivity index (χ1n) is 6.35. The van der Waals surface area contributed by atoms with Crippen molar-refractivity contribution in [3.8, 4) is 5.75 Å². The number of carbonyl (C=O) groups excluding carboxylic acids is 1. The molecule has 0 aliphatic carbocycles. The van der Waals surface area contributed by atoms with E-state index in [0.29, 0.717) is 18.7 Å². The summed E-state index contributed by atoms with van der Waals surface area (Å²) in [6, 6.07) is 5.55. The summed E-state index contributed by atoms with van der Waals surface area (Å²) in [5.41, 5.74) is 6.98. The number of hydrogen-bond donors (Lipinski definition) is 2. The summed E-state index contributed by atoms with van der Waals surface area (Å²) >= 11 is 0. The zero-order valence-electron chi connectivity index (χ0n) is 11.5. The Morgan fingerprint density at radius 3 is 2.89 bits per heavy atom.